The fourth-order valence-corrected chi connectivity index (χ4v) is 3.99. The van der Waals surface area contributed by atoms with Crippen molar-refractivity contribution in [3.05, 3.63) is 23.8 Å². The minimum atomic E-state index is 0.0668. The van der Waals surface area contributed by atoms with E-state index in [1.165, 1.54) is 6.42 Å². The number of carbonyl (C=O) groups is 1. The highest BCUT2D eigenvalue weighted by Crippen LogP contribution is 2.44. The van der Waals surface area contributed by atoms with Crippen molar-refractivity contribution in [2.45, 2.75) is 52.4 Å². The van der Waals surface area contributed by atoms with E-state index in [9.17, 15) is 9.90 Å². The third kappa shape index (κ3) is 2.54. The maximum absolute atomic E-state index is 13.1. The monoisotopic (exact) mass is 287 g/mol. The molecule has 1 aromatic rings. The van der Waals surface area contributed by atoms with E-state index in [1.807, 2.05) is 17.0 Å². The zero-order valence-electron chi connectivity index (χ0n) is 13.1. The topological polar surface area (TPSA) is 40.5 Å². The van der Waals surface area contributed by atoms with Crippen LogP contribution < -0.4 is 4.90 Å². The molecule has 21 heavy (non-hydrogen) atoms. The largest absolute Gasteiger partial charge is 0.506 e. The number of anilines is 1. The average molecular weight is 287 g/mol. The van der Waals surface area contributed by atoms with Crippen LogP contribution in [0.3, 0.4) is 0 Å². The van der Waals surface area contributed by atoms with Crippen LogP contribution in [0.15, 0.2) is 18.2 Å². The molecule has 1 N–H and O–H groups in total. The molecule has 3 heteroatoms. The first-order valence-electron chi connectivity index (χ1n) is 8.13. The van der Waals surface area contributed by atoms with Crippen LogP contribution in [0.5, 0.6) is 5.75 Å². The minimum Gasteiger partial charge on any atom is -0.506 e. The molecule has 1 atom stereocenters. The van der Waals surface area contributed by atoms with Crippen LogP contribution in [-0.2, 0) is 11.2 Å². The predicted octanol–water partition coefficient (Wildman–Crippen LogP) is 3.89. The number of para-hydroxylation sites is 1. The molecular formula is C18H25NO2. The molecule has 0 bridgehead atoms. The third-order valence-electron chi connectivity index (χ3n) is 5.27. The Morgan fingerprint density at radius 3 is 2.86 bits per heavy atom. The van der Waals surface area contributed by atoms with Crippen LogP contribution in [0.4, 0.5) is 5.69 Å². The third-order valence-corrected chi connectivity index (χ3v) is 5.27. The van der Waals surface area contributed by atoms with Crippen LogP contribution >= 0.6 is 0 Å². The summed E-state index contributed by atoms with van der Waals surface area (Å²) in [6.45, 7) is 5.16. The van der Waals surface area contributed by atoms with E-state index in [-0.39, 0.29) is 23.0 Å². The number of carbonyl (C=O) groups excluding carboxylic acids is 1. The first-order chi connectivity index (χ1) is 10.0. The number of benzene rings is 1. The first kappa shape index (κ1) is 14.4. The molecule has 2 aliphatic rings. The number of fused-ring (bicyclic) bond motifs is 1. The molecule has 0 saturated heterocycles. The van der Waals surface area contributed by atoms with Gasteiger partial charge in [-0.1, -0.05) is 38.8 Å². The summed E-state index contributed by atoms with van der Waals surface area (Å²) < 4.78 is 0. The van der Waals surface area contributed by atoms with Crippen LogP contribution in [-0.4, -0.2) is 17.6 Å². The number of nitrogens with zero attached hydrogens (tertiary/aromatic N) is 1. The van der Waals surface area contributed by atoms with Crippen molar-refractivity contribution in [2.75, 3.05) is 11.4 Å². The van der Waals surface area contributed by atoms with E-state index in [2.05, 4.69) is 13.8 Å². The van der Waals surface area contributed by atoms with E-state index >= 15 is 0 Å². The molecule has 1 heterocycles. The van der Waals surface area contributed by atoms with Gasteiger partial charge in [-0.3, -0.25) is 4.79 Å². The maximum Gasteiger partial charge on any atom is 0.230 e. The SMILES string of the molecule is CC1(C)CCCCC1C(=O)N1CCCc2cccc(O)c21. The number of aryl methyl sites for hydroxylation is 1. The Morgan fingerprint density at radius 1 is 1.29 bits per heavy atom. The van der Waals surface area contributed by atoms with Gasteiger partial charge in [0.05, 0.1) is 5.69 Å². The average Bonchev–Trinajstić information content (AvgIpc) is 2.46. The van der Waals surface area contributed by atoms with E-state index in [0.717, 1.165) is 49.9 Å². The van der Waals surface area contributed by atoms with E-state index in [0.29, 0.717) is 0 Å². The molecule has 0 radical (unpaired) electrons. The summed E-state index contributed by atoms with van der Waals surface area (Å²) in [6, 6.07) is 5.59. The Morgan fingerprint density at radius 2 is 2.10 bits per heavy atom. The number of rotatable bonds is 1. The fourth-order valence-electron chi connectivity index (χ4n) is 3.99. The van der Waals surface area contributed by atoms with Gasteiger partial charge < -0.3 is 10.0 Å². The molecule has 1 saturated carbocycles. The normalized spacial score (nSPS) is 24.5. The molecule has 1 amide bonds. The van der Waals surface area contributed by atoms with Crippen molar-refractivity contribution in [1.82, 2.24) is 0 Å². The lowest BCUT2D eigenvalue weighted by atomic mass is 9.68. The van der Waals surface area contributed by atoms with Gasteiger partial charge in [0.15, 0.2) is 0 Å². The van der Waals surface area contributed by atoms with Gasteiger partial charge >= 0.3 is 0 Å². The highest BCUT2D eigenvalue weighted by molar-refractivity contribution is 5.98. The molecule has 1 aliphatic heterocycles. The molecule has 3 rings (SSSR count). The number of phenols is 1. The second-order valence-electron chi connectivity index (χ2n) is 7.17. The van der Waals surface area contributed by atoms with E-state index < -0.39 is 0 Å². The lowest BCUT2D eigenvalue weighted by Crippen LogP contribution is -2.45. The van der Waals surface area contributed by atoms with Crippen molar-refractivity contribution in [2.24, 2.45) is 11.3 Å². The minimum absolute atomic E-state index is 0.0668. The summed E-state index contributed by atoms with van der Waals surface area (Å²) in [7, 11) is 0. The Balaban J connectivity index is 1.93. The van der Waals surface area contributed by atoms with Crippen molar-refractivity contribution >= 4 is 11.6 Å². The summed E-state index contributed by atoms with van der Waals surface area (Å²) in [6.07, 6.45) is 6.38. The fraction of sp³-hybridized carbons (Fsp3) is 0.611. The highest BCUT2D eigenvalue weighted by atomic mass is 16.3. The molecule has 0 spiro atoms. The van der Waals surface area contributed by atoms with E-state index in [1.54, 1.807) is 6.07 Å². The number of amides is 1. The van der Waals surface area contributed by atoms with Crippen molar-refractivity contribution in [3.8, 4) is 5.75 Å². The van der Waals surface area contributed by atoms with Gasteiger partial charge in [0.1, 0.15) is 5.75 Å². The summed E-state index contributed by atoms with van der Waals surface area (Å²) in [5.74, 6) is 0.535. The Bertz CT molecular complexity index is 550. The number of hydrogen-bond donors (Lipinski definition) is 1. The molecule has 114 valence electrons. The summed E-state index contributed by atoms with van der Waals surface area (Å²) in [5, 5.41) is 10.2. The molecule has 0 aromatic heterocycles. The van der Waals surface area contributed by atoms with Gasteiger partial charge in [-0.25, -0.2) is 0 Å². The molecule has 1 aromatic carbocycles. The highest BCUT2D eigenvalue weighted by Gasteiger charge is 2.40. The zero-order chi connectivity index (χ0) is 15.0. The number of hydrogen-bond acceptors (Lipinski definition) is 2. The van der Waals surface area contributed by atoms with Gasteiger partial charge in [0.2, 0.25) is 5.91 Å². The molecule has 3 nitrogen and oxygen atoms in total. The van der Waals surface area contributed by atoms with E-state index in [4.69, 9.17) is 0 Å². The summed E-state index contributed by atoms with van der Waals surface area (Å²) in [4.78, 5) is 15.0. The van der Waals surface area contributed by atoms with Gasteiger partial charge in [0.25, 0.3) is 0 Å². The van der Waals surface area contributed by atoms with Gasteiger partial charge in [-0.15, -0.1) is 0 Å². The van der Waals surface area contributed by atoms with Crippen molar-refractivity contribution < 1.29 is 9.90 Å². The van der Waals surface area contributed by atoms with Crippen molar-refractivity contribution in [1.29, 1.82) is 0 Å². The predicted molar refractivity (Wildman–Crippen MR) is 84.5 cm³/mol. The van der Waals surface area contributed by atoms with Crippen molar-refractivity contribution in [3.63, 3.8) is 0 Å². The quantitative estimate of drug-likeness (QED) is 0.851. The summed E-state index contributed by atoms with van der Waals surface area (Å²) >= 11 is 0. The zero-order valence-corrected chi connectivity index (χ0v) is 13.1. The van der Waals surface area contributed by atoms with Gasteiger partial charge in [0, 0.05) is 12.5 Å². The molecule has 1 fully saturated rings. The lowest BCUT2D eigenvalue weighted by molar-refractivity contribution is -0.127. The Kier molecular flexibility index (Phi) is 3.68. The molecule has 1 aliphatic carbocycles. The molecular weight excluding hydrogens is 262 g/mol. The molecule has 1 unspecified atom stereocenters. The number of phenolic OH excluding ortho intramolecular Hbond substituents is 1. The van der Waals surface area contributed by atoms with Crippen LogP contribution in [0, 0.1) is 11.3 Å². The number of aromatic hydroxyl groups is 1. The Labute approximate surface area is 127 Å². The van der Waals surface area contributed by atoms with Crippen LogP contribution in [0.2, 0.25) is 0 Å². The second-order valence-corrected chi connectivity index (χ2v) is 7.17. The van der Waals surface area contributed by atoms with Crippen LogP contribution in [0.25, 0.3) is 0 Å². The lowest BCUT2D eigenvalue weighted by Gasteiger charge is -2.41. The maximum atomic E-state index is 13.1. The van der Waals surface area contributed by atoms with Crippen LogP contribution in [0.1, 0.15) is 51.5 Å². The first-order valence-corrected chi connectivity index (χ1v) is 8.13. The Hall–Kier alpha value is -1.51. The van der Waals surface area contributed by atoms with Gasteiger partial charge in [-0.05, 0) is 42.7 Å². The van der Waals surface area contributed by atoms with Gasteiger partial charge in [-0.2, -0.15) is 0 Å². The smallest absolute Gasteiger partial charge is 0.230 e. The second kappa shape index (κ2) is 5.36. The standard InChI is InChI=1S/C18H25NO2/c1-18(2)11-4-3-9-14(18)17(21)19-12-6-8-13-7-5-10-15(20)16(13)19/h5,7,10,14,20H,3-4,6,8-9,11-12H2,1-2H3. The summed E-state index contributed by atoms with van der Waals surface area (Å²) in [5.41, 5.74) is 1.93.